The summed E-state index contributed by atoms with van der Waals surface area (Å²) in [6.45, 7) is 1.62. The molecule has 1 amide bonds. The first-order valence-electron chi connectivity index (χ1n) is 7.77. The van der Waals surface area contributed by atoms with Crippen molar-refractivity contribution in [3.8, 4) is 0 Å². The summed E-state index contributed by atoms with van der Waals surface area (Å²) in [5.41, 5.74) is 1.08. The maximum Gasteiger partial charge on any atom is 0.328 e. The fraction of sp³-hybridized carbons (Fsp3) is 0.333. The van der Waals surface area contributed by atoms with Crippen LogP contribution in [0.2, 0.25) is 0 Å². The van der Waals surface area contributed by atoms with Crippen LogP contribution in [0.15, 0.2) is 36.5 Å². The molecule has 0 aliphatic carbocycles. The zero-order valence-corrected chi connectivity index (χ0v) is 14.3. The fourth-order valence-electron chi connectivity index (χ4n) is 2.44. The van der Waals surface area contributed by atoms with Gasteiger partial charge in [0.1, 0.15) is 6.04 Å². The number of nitrogens with one attached hydrogen (secondary N) is 1. The number of nitrogens with zero attached hydrogens (tertiary/aromatic N) is 1. The molecule has 0 saturated carbocycles. The van der Waals surface area contributed by atoms with Gasteiger partial charge < -0.3 is 14.8 Å². The molecule has 1 N–H and O–H groups in total. The summed E-state index contributed by atoms with van der Waals surface area (Å²) in [4.78, 5) is 40.2. The summed E-state index contributed by atoms with van der Waals surface area (Å²) in [5.74, 6) is -2.12. The minimum absolute atomic E-state index is 0.0755. The lowest BCUT2D eigenvalue weighted by atomic mass is 10.0. The summed E-state index contributed by atoms with van der Waals surface area (Å²) >= 11 is 0. The molecule has 0 aliphatic heterocycles. The largest absolute Gasteiger partial charge is 0.469 e. The van der Waals surface area contributed by atoms with Gasteiger partial charge in [-0.05, 0) is 18.6 Å². The topological polar surface area (TPSA) is 94.6 Å². The van der Waals surface area contributed by atoms with Gasteiger partial charge in [0.05, 0.1) is 31.2 Å². The second-order valence-electron chi connectivity index (χ2n) is 5.63. The maximum atomic E-state index is 12.5. The van der Waals surface area contributed by atoms with Crippen LogP contribution in [0.5, 0.6) is 0 Å². The molecule has 25 heavy (non-hydrogen) atoms. The molecular weight excluding hydrogens is 324 g/mol. The summed E-state index contributed by atoms with van der Waals surface area (Å²) in [7, 11) is 2.49. The van der Waals surface area contributed by atoms with E-state index in [1.165, 1.54) is 20.4 Å². The third-order valence-corrected chi connectivity index (χ3v) is 3.84. The first kappa shape index (κ1) is 18.4. The minimum Gasteiger partial charge on any atom is -0.469 e. The van der Waals surface area contributed by atoms with E-state index in [-0.39, 0.29) is 6.42 Å². The zero-order valence-electron chi connectivity index (χ0n) is 14.3. The summed E-state index contributed by atoms with van der Waals surface area (Å²) in [6.07, 6.45) is 1.52. The van der Waals surface area contributed by atoms with E-state index in [1.807, 2.05) is 24.3 Å². The van der Waals surface area contributed by atoms with Crippen LogP contribution in [0.1, 0.15) is 23.7 Å². The quantitative estimate of drug-likeness (QED) is 0.802. The average Bonchev–Trinajstić information content (AvgIpc) is 2.65. The minimum atomic E-state index is -0.960. The number of amides is 1. The number of ether oxygens (including phenoxy) is 2. The molecule has 0 radical (unpaired) electrons. The molecule has 7 heteroatoms. The lowest BCUT2D eigenvalue weighted by Crippen LogP contribution is -2.43. The smallest absolute Gasteiger partial charge is 0.328 e. The van der Waals surface area contributed by atoms with E-state index < -0.39 is 29.8 Å². The highest BCUT2D eigenvalue weighted by atomic mass is 16.5. The predicted molar refractivity (Wildman–Crippen MR) is 90.8 cm³/mol. The van der Waals surface area contributed by atoms with Gasteiger partial charge >= 0.3 is 11.9 Å². The van der Waals surface area contributed by atoms with E-state index >= 15 is 0 Å². The van der Waals surface area contributed by atoms with Crippen LogP contribution in [0.3, 0.4) is 0 Å². The molecule has 0 saturated heterocycles. The van der Waals surface area contributed by atoms with Crippen molar-refractivity contribution in [2.75, 3.05) is 14.2 Å². The van der Waals surface area contributed by atoms with Gasteiger partial charge in [0.15, 0.2) is 0 Å². The van der Waals surface area contributed by atoms with Crippen molar-refractivity contribution >= 4 is 28.7 Å². The Kier molecular flexibility index (Phi) is 6.05. The van der Waals surface area contributed by atoms with Crippen LogP contribution in [0.25, 0.3) is 10.9 Å². The Bertz CT molecular complexity index is 790. The van der Waals surface area contributed by atoms with Gasteiger partial charge in [0.2, 0.25) is 0 Å². The third kappa shape index (κ3) is 4.53. The summed E-state index contributed by atoms with van der Waals surface area (Å²) in [5, 5.41) is 3.41. The molecule has 1 aromatic carbocycles. The molecule has 1 aromatic heterocycles. The molecule has 0 spiro atoms. The second-order valence-corrected chi connectivity index (χ2v) is 5.63. The van der Waals surface area contributed by atoms with Gasteiger partial charge in [0, 0.05) is 11.6 Å². The summed E-state index contributed by atoms with van der Waals surface area (Å²) < 4.78 is 9.36. The second kappa shape index (κ2) is 8.23. The van der Waals surface area contributed by atoms with Crippen molar-refractivity contribution in [3.05, 3.63) is 42.1 Å². The van der Waals surface area contributed by atoms with Gasteiger partial charge in [-0.2, -0.15) is 0 Å². The molecule has 0 aliphatic rings. The Morgan fingerprint density at radius 2 is 1.80 bits per heavy atom. The van der Waals surface area contributed by atoms with E-state index in [9.17, 15) is 14.4 Å². The highest BCUT2D eigenvalue weighted by Crippen LogP contribution is 2.14. The van der Waals surface area contributed by atoms with Crippen molar-refractivity contribution in [1.29, 1.82) is 0 Å². The molecule has 132 valence electrons. The molecule has 0 bridgehead atoms. The number of pyridine rings is 1. The number of fused-ring (bicyclic) bond motifs is 1. The van der Waals surface area contributed by atoms with E-state index in [1.54, 1.807) is 13.0 Å². The lowest BCUT2D eigenvalue weighted by Gasteiger charge is -2.19. The number of carbonyl (C=O) groups excluding carboxylic acids is 3. The lowest BCUT2D eigenvalue weighted by molar-refractivity contribution is -0.147. The molecule has 2 aromatic rings. The highest BCUT2D eigenvalue weighted by molar-refractivity contribution is 5.99. The Morgan fingerprint density at radius 1 is 1.12 bits per heavy atom. The Hall–Kier alpha value is -2.96. The molecular formula is C18H20N2O5. The highest BCUT2D eigenvalue weighted by Gasteiger charge is 2.27. The van der Waals surface area contributed by atoms with Crippen molar-refractivity contribution in [2.45, 2.75) is 19.4 Å². The molecule has 0 unspecified atom stereocenters. The number of aromatic nitrogens is 1. The number of hydrogen-bond donors (Lipinski definition) is 1. The number of benzene rings is 1. The Balaban J connectivity index is 2.17. The van der Waals surface area contributed by atoms with Crippen LogP contribution in [-0.2, 0) is 19.1 Å². The van der Waals surface area contributed by atoms with Gasteiger partial charge in [-0.1, -0.05) is 25.1 Å². The monoisotopic (exact) mass is 344 g/mol. The third-order valence-electron chi connectivity index (χ3n) is 3.84. The Labute approximate surface area is 145 Å². The van der Waals surface area contributed by atoms with Crippen LogP contribution < -0.4 is 5.32 Å². The molecule has 7 nitrogen and oxygen atoms in total. The molecule has 2 rings (SSSR count). The van der Waals surface area contributed by atoms with Gasteiger partial charge in [-0.3, -0.25) is 14.6 Å². The van der Waals surface area contributed by atoms with E-state index in [4.69, 9.17) is 4.74 Å². The predicted octanol–water partition coefficient (Wildman–Crippen LogP) is 1.71. The van der Waals surface area contributed by atoms with Crippen molar-refractivity contribution in [1.82, 2.24) is 10.3 Å². The van der Waals surface area contributed by atoms with Crippen molar-refractivity contribution in [3.63, 3.8) is 0 Å². The van der Waals surface area contributed by atoms with E-state index in [2.05, 4.69) is 15.0 Å². The SMILES string of the molecule is COC(=O)[C@H](C)C[C@@H](NC(=O)c1cnc2ccccc2c1)C(=O)OC. The van der Waals surface area contributed by atoms with Gasteiger partial charge in [-0.15, -0.1) is 0 Å². The molecule has 1 heterocycles. The molecule has 0 fully saturated rings. The number of para-hydroxylation sites is 1. The first-order valence-corrected chi connectivity index (χ1v) is 7.77. The standard InChI is InChI=1S/C18H20N2O5/c1-11(17(22)24-2)8-15(18(23)25-3)20-16(21)13-9-12-6-4-5-7-14(12)19-10-13/h4-7,9-11,15H,8H2,1-3H3,(H,20,21)/t11-,15-/m1/s1. The number of carbonyl (C=O) groups is 3. The zero-order chi connectivity index (χ0) is 18.4. The normalized spacial score (nSPS) is 12.9. The van der Waals surface area contributed by atoms with Crippen molar-refractivity contribution < 1.29 is 23.9 Å². The van der Waals surface area contributed by atoms with E-state index in [0.717, 1.165) is 10.9 Å². The van der Waals surface area contributed by atoms with Gasteiger partial charge in [0.25, 0.3) is 5.91 Å². The number of methoxy groups -OCH3 is 2. The maximum absolute atomic E-state index is 12.5. The van der Waals surface area contributed by atoms with Gasteiger partial charge in [-0.25, -0.2) is 4.79 Å². The van der Waals surface area contributed by atoms with Crippen LogP contribution in [0.4, 0.5) is 0 Å². The van der Waals surface area contributed by atoms with Crippen LogP contribution in [0, 0.1) is 5.92 Å². The number of hydrogen-bond acceptors (Lipinski definition) is 6. The van der Waals surface area contributed by atoms with Crippen LogP contribution >= 0.6 is 0 Å². The van der Waals surface area contributed by atoms with Crippen LogP contribution in [-0.4, -0.2) is 43.1 Å². The van der Waals surface area contributed by atoms with Crippen molar-refractivity contribution in [2.24, 2.45) is 5.92 Å². The van der Waals surface area contributed by atoms with E-state index in [0.29, 0.717) is 5.56 Å². The Morgan fingerprint density at radius 3 is 2.48 bits per heavy atom. The number of rotatable bonds is 6. The average molecular weight is 344 g/mol. The molecule has 2 atom stereocenters. The number of esters is 2. The fourth-order valence-corrected chi connectivity index (χ4v) is 2.44. The first-order chi connectivity index (χ1) is 12.0. The summed E-state index contributed by atoms with van der Waals surface area (Å²) in [6, 6.07) is 8.12.